The fraction of sp³-hybridized carbons (Fsp3) is 0.133. The Kier molecular flexibility index (Phi) is 4.65. The van der Waals surface area contributed by atoms with Gasteiger partial charge in [-0.15, -0.1) is 0 Å². The van der Waals surface area contributed by atoms with Crippen LogP contribution in [0.15, 0.2) is 36.4 Å². The highest BCUT2D eigenvalue weighted by Gasteiger charge is 2.11. The molecular weight excluding hydrogens is 295 g/mol. The van der Waals surface area contributed by atoms with Gasteiger partial charge in [-0.1, -0.05) is 23.7 Å². The summed E-state index contributed by atoms with van der Waals surface area (Å²) in [7, 11) is 0. The van der Waals surface area contributed by atoms with Crippen LogP contribution >= 0.6 is 11.6 Å². The SMILES string of the molecule is Cc1ccc(NC(=O)COc2c(F)cccc2Cl)c(N)c1. The Morgan fingerprint density at radius 3 is 2.81 bits per heavy atom. The van der Waals surface area contributed by atoms with Crippen molar-refractivity contribution in [1.29, 1.82) is 0 Å². The molecule has 2 rings (SSSR count). The maximum absolute atomic E-state index is 13.5. The molecule has 2 aromatic carbocycles. The first kappa shape index (κ1) is 15.1. The minimum Gasteiger partial charge on any atom is -0.479 e. The van der Waals surface area contributed by atoms with Crippen LogP contribution in [0.25, 0.3) is 0 Å². The molecule has 0 aliphatic rings. The van der Waals surface area contributed by atoms with Gasteiger partial charge in [-0.25, -0.2) is 4.39 Å². The van der Waals surface area contributed by atoms with Gasteiger partial charge in [0.15, 0.2) is 18.2 Å². The molecule has 2 aromatic rings. The van der Waals surface area contributed by atoms with Gasteiger partial charge >= 0.3 is 0 Å². The van der Waals surface area contributed by atoms with Crippen LogP contribution in [0.2, 0.25) is 5.02 Å². The van der Waals surface area contributed by atoms with E-state index < -0.39 is 11.7 Å². The van der Waals surface area contributed by atoms with Crippen molar-refractivity contribution < 1.29 is 13.9 Å². The summed E-state index contributed by atoms with van der Waals surface area (Å²) in [5, 5.41) is 2.70. The summed E-state index contributed by atoms with van der Waals surface area (Å²) < 4.78 is 18.6. The number of rotatable bonds is 4. The molecule has 0 saturated carbocycles. The maximum atomic E-state index is 13.5. The fourth-order valence-electron chi connectivity index (χ4n) is 1.74. The van der Waals surface area contributed by atoms with Crippen LogP contribution in [0, 0.1) is 12.7 Å². The molecule has 0 unspecified atom stereocenters. The van der Waals surface area contributed by atoms with E-state index in [1.165, 1.54) is 18.2 Å². The number of benzene rings is 2. The Labute approximate surface area is 126 Å². The average Bonchev–Trinajstić information content (AvgIpc) is 2.41. The Morgan fingerprint density at radius 1 is 1.38 bits per heavy atom. The van der Waals surface area contributed by atoms with E-state index >= 15 is 0 Å². The van der Waals surface area contributed by atoms with Crippen LogP contribution < -0.4 is 15.8 Å². The molecule has 0 fully saturated rings. The summed E-state index contributed by atoms with van der Waals surface area (Å²) in [6.45, 7) is 1.53. The molecule has 0 bridgehead atoms. The third kappa shape index (κ3) is 3.86. The zero-order valence-corrected chi connectivity index (χ0v) is 12.1. The van der Waals surface area contributed by atoms with Crippen molar-refractivity contribution in [1.82, 2.24) is 0 Å². The Morgan fingerprint density at radius 2 is 2.14 bits per heavy atom. The van der Waals surface area contributed by atoms with E-state index in [1.54, 1.807) is 12.1 Å². The highest BCUT2D eigenvalue weighted by Crippen LogP contribution is 2.27. The number of para-hydroxylation sites is 1. The van der Waals surface area contributed by atoms with Crippen LogP contribution in [0.5, 0.6) is 5.75 Å². The number of carbonyl (C=O) groups is 1. The number of ether oxygens (including phenoxy) is 1. The molecule has 6 heteroatoms. The second-order valence-corrected chi connectivity index (χ2v) is 4.89. The predicted molar refractivity (Wildman–Crippen MR) is 81.1 cm³/mol. The minimum atomic E-state index is -0.620. The van der Waals surface area contributed by atoms with E-state index in [9.17, 15) is 9.18 Å². The van der Waals surface area contributed by atoms with Gasteiger partial charge in [0.25, 0.3) is 5.91 Å². The highest BCUT2D eigenvalue weighted by atomic mass is 35.5. The standard InChI is InChI=1S/C15H14ClFN2O2/c1-9-5-6-13(12(18)7-9)19-14(20)8-21-15-10(16)3-2-4-11(15)17/h2-7H,8,18H2,1H3,(H,19,20). The molecule has 21 heavy (non-hydrogen) atoms. The first-order valence-corrected chi connectivity index (χ1v) is 6.58. The van der Waals surface area contributed by atoms with E-state index in [2.05, 4.69) is 5.32 Å². The lowest BCUT2D eigenvalue weighted by Crippen LogP contribution is -2.21. The predicted octanol–water partition coefficient (Wildman–Crippen LogP) is 3.39. The zero-order chi connectivity index (χ0) is 15.4. The number of anilines is 2. The van der Waals surface area contributed by atoms with Crippen molar-refractivity contribution >= 4 is 28.9 Å². The molecule has 0 heterocycles. The monoisotopic (exact) mass is 308 g/mol. The van der Waals surface area contributed by atoms with Crippen molar-refractivity contribution in [2.75, 3.05) is 17.7 Å². The molecule has 0 aromatic heterocycles. The largest absolute Gasteiger partial charge is 0.479 e. The average molecular weight is 309 g/mol. The molecule has 0 saturated heterocycles. The Hall–Kier alpha value is -2.27. The molecule has 3 N–H and O–H groups in total. The second kappa shape index (κ2) is 6.45. The van der Waals surface area contributed by atoms with Crippen LogP contribution in [-0.4, -0.2) is 12.5 Å². The van der Waals surface area contributed by atoms with E-state index in [0.717, 1.165) is 5.56 Å². The summed E-state index contributed by atoms with van der Waals surface area (Å²) in [4.78, 5) is 11.8. The molecule has 0 aliphatic carbocycles. The third-order valence-corrected chi connectivity index (χ3v) is 3.05. The quantitative estimate of drug-likeness (QED) is 0.851. The molecule has 0 spiro atoms. The number of amides is 1. The minimum absolute atomic E-state index is 0.109. The van der Waals surface area contributed by atoms with Crippen LogP contribution in [0.4, 0.5) is 15.8 Å². The second-order valence-electron chi connectivity index (χ2n) is 4.48. The van der Waals surface area contributed by atoms with E-state index in [-0.39, 0.29) is 17.4 Å². The number of carbonyl (C=O) groups excluding carboxylic acids is 1. The zero-order valence-electron chi connectivity index (χ0n) is 11.3. The summed E-state index contributed by atoms with van der Waals surface area (Å²) in [5.41, 5.74) is 7.71. The Bertz CT molecular complexity index is 656. The summed E-state index contributed by atoms with van der Waals surface area (Å²) in [5.74, 6) is -1.22. The number of nitrogen functional groups attached to an aromatic ring is 1. The molecule has 4 nitrogen and oxygen atoms in total. The number of nitrogens with two attached hydrogens (primary N) is 1. The summed E-state index contributed by atoms with van der Waals surface area (Å²) in [6.07, 6.45) is 0. The summed E-state index contributed by atoms with van der Waals surface area (Å²) >= 11 is 5.80. The normalized spacial score (nSPS) is 10.2. The molecule has 1 amide bonds. The van der Waals surface area contributed by atoms with Crippen molar-refractivity contribution in [2.24, 2.45) is 0 Å². The molecule has 110 valence electrons. The number of halogens is 2. The fourth-order valence-corrected chi connectivity index (χ4v) is 1.96. The number of hydrogen-bond donors (Lipinski definition) is 2. The van der Waals surface area contributed by atoms with Gasteiger partial charge in [-0.05, 0) is 36.8 Å². The van der Waals surface area contributed by atoms with Gasteiger partial charge < -0.3 is 15.8 Å². The van der Waals surface area contributed by atoms with E-state index in [4.69, 9.17) is 22.1 Å². The molecular formula is C15H14ClFN2O2. The first-order chi connectivity index (χ1) is 9.97. The smallest absolute Gasteiger partial charge is 0.262 e. The highest BCUT2D eigenvalue weighted by molar-refractivity contribution is 6.32. The van der Waals surface area contributed by atoms with E-state index in [0.29, 0.717) is 11.4 Å². The third-order valence-electron chi connectivity index (χ3n) is 2.75. The van der Waals surface area contributed by atoms with Gasteiger partial charge in [-0.2, -0.15) is 0 Å². The maximum Gasteiger partial charge on any atom is 0.262 e. The van der Waals surface area contributed by atoms with Gasteiger partial charge in [0.05, 0.1) is 16.4 Å². The van der Waals surface area contributed by atoms with Crippen LogP contribution in [0.1, 0.15) is 5.56 Å². The van der Waals surface area contributed by atoms with Crippen LogP contribution in [-0.2, 0) is 4.79 Å². The van der Waals surface area contributed by atoms with Crippen molar-refractivity contribution in [2.45, 2.75) is 6.92 Å². The number of nitrogens with one attached hydrogen (secondary N) is 1. The van der Waals surface area contributed by atoms with Gasteiger partial charge in [0, 0.05) is 0 Å². The number of aryl methyl sites for hydroxylation is 1. The lowest BCUT2D eigenvalue weighted by atomic mass is 10.2. The van der Waals surface area contributed by atoms with Crippen molar-refractivity contribution in [3.05, 3.63) is 52.8 Å². The topological polar surface area (TPSA) is 64.3 Å². The lowest BCUT2D eigenvalue weighted by Gasteiger charge is -2.11. The summed E-state index contributed by atoms with van der Waals surface area (Å²) in [6, 6.07) is 9.40. The van der Waals surface area contributed by atoms with Crippen molar-refractivity contribution in [3.8, 4) is 5.75 Å². The van der Waals surface area contributed by atoms with Gasteiger partial charge in [0.1, 0.15) is 0 Å². The van der Waals surface area contributed by atoms with Gasteiger partial charge in [-0.3, -0.25) is 4.79 Å². The van der Waals surface area contributed by atoms with E-state index in [1.807, 2.05) is 13.0 Å². The van der Waals surface area contributed by atoms with Crippen LogP contribution in [0.3, 0.4) is 0 Å². The Balaban J connectivity index is 1.99. The van der Waals surface area contributed by atoms with Gasteiger partial charge in [0.2, 0.25) is 0 Å². The molecule has 0 atom stereocenters. The first-order valence-electron chi connectivity index (χ1n) is 6.20. The molecule has 0 radical (unpaired) electrons. The molecule has 0 aliphatic heterocycles. The lowest BCUT2D eigenvalue weighted by molar-refractivity contribution is -0.118. The van der Waals surface area contributed by atoms with Crippen molar-refractivity contribution in [3.63, 3.8) is 0 Å². The number of hydrogen-bond acceptors (Lipinski definition) is 3.